The van der Waals surface area contributed by atoms with Gasteiger partial charge in [0.1, 0.15) is 0 Å². The number of aliphatic hydroxyl groups is 1. The van der Waals surface area contributed by atoms with Gasteiger partial charge in [0.25, 0.3) is 0 Å². The summed E-state index contributed by atoms with van der Waals surface area (Å²) in [7, 11) is 0. The molecule has 2 aromatic carbocycles. The minimum atomic E-state index is -0.616. The molecule has 4 nitrogen and oxygen atoms in total. The second-order valence-electron chi connectivity index (χ2n) is 8.55. The van der Waals surface area contributed by atoms with E-state index in [0.717, 1.165) is 69.5 Å². The molecule has 0 bridgehead atoms. The molecule has 1 aliphatic heterocycles. The smallest absolute Gasteiger partial charge is 0.0998 e. The molecule has 2 aliphatic rings. The standard InChI is InChI=1S/C25H31N3O/c26-18-22-6-2-3-7-23(22)20-8-10-21(11-9-20)24(19-28-16-14-27-15-17-28)25(29)12-4-1-5-13-25/h2-3,6-11,24,27,29H,1,4-5,12-17,19H2. The maximum atomic E-state index is 11.6. The molecule has 2 aromatic rings. The fourth-order valence-corrected chi connectivity index (χ4v) is 4.98. The summed E-state index contributed by atoms with van der Waals surface area (Å²) in [5, 5.41) is 24.4. The van der Waals surface area contributed by atoms with E-state index in [9.17, 15) is 10.4 Å². The van der Waals surface area contributed by atoms with E-state index in [1.807, 2.05) is 24.3 Å². The summed E-state index contributed by atoms with van der Waals surface area (Å²) in [5.41, 5.74) is 3.32. The van der Waals surface area contributed by atoms with Crippen LogP contribution >= 0.6 is 0 Å². The number of benzene rings is 2. The number of hydrogen-bond acceptors (Lipinski definition) is 4. The zero-order valence-electron chi connectivity index (χ0n) is 17.1. The maximum Gasteiger partial charge on any atom is 0.0998 e. The van der Waals surface area contributed by atoms with E-state index in [0.29, 0.717) is 5.56 Å². The number of nitrogens with zero attached hydrogens (tertiary/aromatic N) is 2. The lowest BCUT2D eigenvalue weighted by Gasteiger charge is -2.42. The average molecular weight is 390 g/mol. The predicted octanol–water partition coefficient (Wildman–Crippen LogP) is 3.91. The first-order valence-electron chi connectivity index (χ1n) is 10.9. The molecular formula is C25H31N3O. The lowest BCUT2D eigenvalue weighted by molar-refractivity contribution is -0.0316. The second-order valence-corrected chi connectivity index (χ2v) is 8.55. The molecule has 1 unspecified atom stereocenters. The summed E-state index contributed by atoms with van der Waals surface area (Å²) < 4.78 is 0. The molecular weight excluding hydrogens is 358 g/mol. The highest BCUT2D eigenvalue weighted by Crippen LogP contribution is 2.41. The summed E-state index contributed by atoms with van der Waals surface area (Å²) in [6.07, 6.45) is 5.24. The van der Waals surface area contributed by atoms with Crippen LogP contribution in [0.15, 0.2) is 48.5 Å². The molecule has 2 N–H and O–H groups in total. The van der Waals surface area contributed by atoms with E-state index >= 15 is 0 Å². The molecule has 1 saturated carbocycles. The van der Waals surface area contributed by atoms with E-state index in [1.165, 1.54) is 12.0 Å². The van der Waals surface area contributed by atoms with Crippen molar-refractivity contribution in [2.24, 2.45) is 0 Å². The Labute approximate surface area is 174 Å². The van der Waals surface area contributed by atoms with Gasteiger partial charge in [-0.1, -0.05) is 61.7 Å². The quantitative estimate of drug-likeness (QED) is 0.814. The van der Waals surface area contributed by atoms with Gasteiger partial charge in [-0.3, -0.25) is 0 Å². The van der Waals surface area contributed by atoms with Gasteiger partial charge in [-0.15, -0.1) is 0 Å². The summed E-state index contributed by atoms with van der Waals surface area (Å²) in [4.78, 5) is 2.49. The van der Waals surface area contributed by atoms with Gasteiger partial charge in [-0.05, 0) is 35.6 Å². The fraction of sp³-hybridized carbons (Fsp3) is 0.480. The van der Waals surface area contributed by atoms with Crippen LogP contribution in [0.4, 0.5) is 0 Å². The number of hydrogen-bond donors (Lipinski definition) is 2. The van der Waals surface area contributed by atoms with Crippen LogP contribution in [-0.4, -0.2) is 48.3 Å². The molecule has 4 heteroatoms. The monoisotopic (exact) mass is 389 g/mol. The molecule has 152 valence electrons. The Kier molecular flexibility index (Phi) is 6.30. The molecule has 0 aromatic heterocycles. The summed E-state index contributed by atoms with van der Waals surface area (Å²) >= 11 is 0. The van der Waals surface area contributed by atoms with Crippen molar-refractivity contribution in [1.29, 1.82) is 5.26 Å². The molecule has 1 saturated heterocycles. The van der Waals surface area contributed by atoms with Crippen molar-refractivity contribution in [3.63, 3.8) is 0 Å². The number of nitrogens with one attached hydrogen (secondary N) is 1. The number of nitriles is 1. The molecule has 0 radical (unpaired) electrons. The Morgan fingerprint density at radius 1 is 1.00 bits per heavy atom. The average Bonchev–Trinajstić information content (AvgIpc) is 2.79. The van der Waals surface area contributed by atoms with E-state index in [2.05, 4.69) is 40.6 Å². The van der Waals surface area contributed by atoms with Gasteiger partial charge in [0.2, 0.25) is 0 Å². The van der Waals surface area contributed by atoms with Gasteiger partial charge in [-0.25, -0.2) is 0 Å². The first-order valence-corrected chi connectivity index (χ1v) is 10.9. The lowest BCUT2D eigenvalue weighted by atomic mass is 9.72. The predicted molar refractivity (Wildman–Crippen MR) is 117 cm³/mol. The third-order valence-corrected chi connectivity index (χ3v) is 6.69. The highest BCUT2D eigenvalue weighted by Gasteiger charge is 2.39. The summed E-state index contributed by atoms with van der Waals surface area (Å²) in [5.74, 6) is 0.126. The first kappa shape index (κ1) is 20.1. The normalized spacial score (nSPS) is 20.7. The van der Waals surface area contributed by atoms with Crippen LogP contribution in [0, 0.1) is 11.3 Å². The van der Waals surface area contributed by atoms with Gasteiger partial charge < -0.3 is 15.3 Å². The van der Waals surface area contributed by atoms with Crippen LogP contribution in [0.3, 0.4) is 0 Å². The molecule has 0 amide bonds. The molecule has 1 aliphatic carbocycles. The van der Waals surface area contributed by atoms with Crippen molar-refractivity contribution >= 4 is 0 Å². The zero-order valence-corrected chi connectivity index (χ0v) is 17.1. The van der Waals surface area contributed by atoms with Gasteiger partial charge in [-0.2, -0.15) is 5.26 Å². The Bertz CT molecular complexity index is 843. The van der Waals surface area contributed by atoms with Crippen molar-refractivity contribution in [3.8, 4) is 17.2 Å². The van der Waals surface area contributed by atoms with Crippen LogP contribution in [0.1, 0.15) is 49.1 Å². The van der Waals surface area contributed by atoms with Crippen molar-refractivity contribution in [2.75, 3.05) is 32.7 Å². The Morgan fingerprint density at radius 3 is 2.38 bits per heavy atom. The lowest BCUT2D eigenvalue weighted by Crippen LogP contribution is -2.49. The largest absolute Gasteiger partial charge is 0.389 e. The van der Waals surface area contributed by atoms with Crippen molar-refractivity contribution in [2.45, 2.75) is 43.6 Å². The number of rotatable bonds is 5. The van der Waals surface area contributed by atoms with Crippen molar-refractivity contribution < 1.29 is 5.11 Å². The van der Waals surface area contributed by atoms with Crippen molar-refractivity contribution in [3.05, 3.63) is 59.7 Å². The van der Waals surface area contributed by atoms with Crippen LogP contribution < -0.4 is 5.32 Å². The van der Waals surface area contributed by atoms with E-state index < -0.39 is 5.60 Å². The van der Waals surface area contributed by atoms with Gasteiger partial charge >= 0.3 is 0 Å². The zero-order chi connectivity index (χ0) is 20.1. The Morgan fingerprint density at radius 2 is 1.69 bits per heavy atom. The minimum absolute atomic E-state index is 0.126. The topological polar surface area (TPSA) is 59.3 Å². The third kappa shape index (κ3) is 4.53. The van der Waals surface area contributed by atoms with E-state index in [1.54, 1.807) is 0 Å². The van der Waals surface area contributed by atoms with Crippen LogP contribution in [0.2, 0.25) is 0 Å². The fourth-order valence-electron chi connectivity index (χ4n) is 4.98. The Hall–Kier alpha value is -2.19. The molecule has 1 atom stereocenters. The van der Waals surface area contributed by atoms with E-state index in [-0.39, 0.29) is 5.92 Å². The first-order chi connectivity index (χ1) is 14.2. The van der Waals surface area contributed by atoms with Gasteiger partial charge in [0.15, 0.2) is 0 Å². The van der Waals surface area contributed by atoms with Crippen LogP contribution in [0.5, 0.6) is 0 Å². The molecule has 1 heterocycles. The highest BCUT2D eigenvalue weighted by molar-refractivity contribution is 5.70. The number of piperazine rings is 1. The molecule has 0 spiro atoms. The van der Waals surface area contributed by atoms with Gasteiger partial charge in [0.05, 0.1) is 17.2 Å². The Balaban J connectivity index is 1.62. The van der Waals surface area contributed by atoms with E-state index in [4.69, 9.17) is 0 Å². The van der Waals surface area contributed by atoms with Crippen LogP contribution in [0.25, 0.3) is 11.1 Å². The molecule has 29 heavy (non-hydrogen) atoms. The summed E-state index contributed by atoms with van der Waals surface area (Å²) in [6.45, 7) is 5.04. The molecule has 4 rings (SSSR count). The highest BCUT2D eigenvalue weighted by atomic mass is 16.3. The van der Waals surface area contributed by atoms with Crippen molar-refractivity contribution in [1.82, 2.24) is 10.2 Å². The maximum absolute atomic E-state index is 11.6. The second kappa shape index (κ2) is 9.09. The van der Waals surface area contributed by atoms with Crippen LogP contribution in [-0.2, 0) is 0 Å². The molecule has 2 fully saturated rings. The minimum Gasteiger partial charge on any atom is -0.389 e. The SMILES string of the molecule is N#Cc1ccccc1-c1ccc(C(CN2CCNCC2)C2(O)CCCCC2)cc1. The van der Waals surface area contributed by atoms with Gasteiger partial charge in [0, 0.05) is 38.6 Å². The summed E-state index contributed by atoms with van der Waals surface area (Å²) in [6, 6.07) is 18.6. The third-order valence-electron chi connectivity index (χ3n) is 6.69.